The molecule has 0 aliphatic heterocycles. The molecule has 0 aromatic heterocycles. The summed E-state index contributed by atoms with van der Waals surface area (Å²) >= 11 is 0. The van der Waals surface area contributed by atoms with Crippen molar-refractivity contribution in [2.45, 2.75) is 84.0 Å². The van der Waals surface area contributed by atoms with Gasteiger partial charge in [-0.1, -0.05) is 43.9 Å². The summed E-state index contributed by atoms with van der Waals surface area (Å²) in [6, 6.07) is 4.45. The van der Waals surface area contributed by atoms with Crippen LogP contribution in [0.15, 0.2) is 43.0 Å². The Morgan fingerprint density at radius 2 is 1.86 bits per heavy atom. The van der Waals surface area contributed by atoms with Gasteiger partial charge in [0.05, 0.1) is 5.92 Å². The molecule has 0 bridgehead atoms. The molecular weight excluding hydrogens is 439 g/mol. The molecule has 3 saturated carbocycles. The first-order valence-corrected chi connectivity index (χ1v) is 13.9. The SMILES string of the molecule is C=CCCC1CCC(C2CCC3C(CCCC3C(=O)Oc3ccc(OC/C=C/C)c(F)c3)C2)CC1. The monoisotopic (exact) mass is 482 g/mol. The Labute approximate surface area is 211 Å². The van der Waals surface area contributed by atoms with Gasteiger partial charge in [0.1, 0.15) is 12.4 Å². The molecule has 3 nitrogen and oxygen atoms in total. The van der Waals surface area contributed by atoms with Gasteiger partial charge in [-0.15, -0.1) is 6.58 Å². The summed E-state index contributed by atoms with van der Waals surface area (Å²) in [6.07, 6.45) is 20.6. The van der Waals surface area contributed by atoms with E-state index in [-0.39, 0.29) is 23.4 Å². The fraction of sp³-hybridized carbons (Fsp3) is 0.645. The summed E-state index contributed by atoms with van der Waals surface area (Å²) in [5.41, 5.74) is 0. The first kappa shape index (κ1) is 26.0. The number of halogens is 1. The second kappa shape index (κ2) is 12.7. The highest BCUT2D eigenvalue weighted by molar-refractivity contribution is 5.75. The molecule has 192 valence electrons. The van der Waals surface area contributed by atoms with Gasteiger partial charge in [0.25, 0.3) is 0 Å². The van der Waals surface area contributed by atoms with Crippen molar-refractivity contribution < 1.29 is 18.7 Å². The number of carbonyl (C=O) groups is 1. The molecule has 3 aliphatic carbocycles. The fourth-order valence-electron chi connectivity index (χ4n) is 7.11. The Morgan fingerprint density at radius 1 is 1.06 bits per heavy atom. The first-order chi connectivity index (χ1) is 17.1. The van der Waals surface area contributed by atoms with Crippen molar-refractivity contribution in [3.63, 3.8) is 0 Å². The van der Waals surface area contributed by atoms with E-state index in [0.29, 0.717) is 18.4 Å². The van der Waals surface area contributed by atoms with Crippen LogP contribution in [0.4, 0.5) is 4.39 Å². The zero-order chi connectivity index (χ0) is 24.6. The van der Waals surface area contributed by atoms with E-state index in [1.165, 1.54) is 57.4 Å². The number of hydrogen-bond donors (Lipinski definition) is 0. The third-order valence-corrected chi connectivity index (χ3v) is 9.02. The predicted octanol–water partition coefficient (Wildman–Crippen LogP) is 8.29. The standard InChI is InChI=1S/C31H43FO3/c1-3-5-8-22-11-13-23(14-12-22)24-15-17-27-25(20-24)9-7-10-28(27)31(33)35-26-16-18-30(29(32)21-26)34-19-6-4-2/h3-4,6,16,18,21-25,27-28H,1,5,7-15,17,19-20H2,2H3/b6-4+. The second-order valence-corrected chi connectivity index (χ2v) is 11.1. The molecule has 1 aromatic carbocycles. The molecule has 3 fully saturated rings. The Balaban J connectivity index is 1.29. The summed E-state index contributed by atoms with van der Waals surface area (Å²) in [5.74, 6) is 3.37. The van der Waals surface area contributed by atoms with Gasteiger partial charge in [-0.25, -0.2) is 4.39 Å². The third-order valence-electron chi connectivity index (χ3n) is 9.02. The summed E-state index contributed by atoms with van der Waals surface area (Å²) in [6.45, 7) is 6.08. The second-order valence-electron chi connectivity index (χ2n) is 11.1. The lowest BCUT2D eigenvalue weighted by Gasteiger charge is -2.46. The van der Waals surface area contributed by atoms with Gasteiger partial charge in [-0.2, -0.15) is 0 Å². The van der Waals surface area contributed by atoms with Crippen LogP contribution in [0.2, 0.25) is 0 Å². The van der Waals surface area contributed by atoms with E-state index >= 15 is 0 Å². The Morgan fingerprint density at radius 3 is 2.60 bits per heavy atom. The lowest BCUT2D eigenvalue weighted by atomic mass is 9.59. The van der Waals surface area contributed by atoms with Crippen LogP contribution in [0.25, 0.3) is 0 Å². The van der Waals surface area contributed by atoms with Gasteiger partial charge in [0.2, 0.25) is 0 Å². The molecule has 0 spiro atoms. The molecular formula is C31H43FO3. The van der Waals surface area contributed by atoms with Crippen molar-refractivity contribution in [3.05, 3.63) is 48.8 Å². The van der Waals surface area contributed by atoms with Crippen LogP contribution in [0, 0.1) is 41.3 Å². The van der Waals surface area contributed by atoms with Gasteiger partial charge in [0, 0.05) is 6.07 Å². The molecule has 0 N–H and O–H groups in total. The molecule has 0 radical (unpaired) electrons. The number of ether oxygens (including phenoxy) is 2. The Bertz CT molecular complexity index is 870. The number of allylic oxidation sites excluding steroid dienone is 2. The van der Waals surface area contributed by atoms with Crippen LogP contribution in [-0.4, -0.2) is 12.6 Å². The molecule has 4 atom stereocenters. The van der Waals surface area contributed by atoms with E-state index in [9.17, 15) is 9.18 Å². The third kappa shape index (κ3) is 6.77. The molecule has 0 saturated heterocycles. The summed E-state index contributed by atoms with van der Waals surface area (Å²) in [5, 5.41) is 0. The van der Waals surface area contributed by atoms with Crippen LogP contribution in [-0.2, 0) is 4.79 Å². The van der Waals surface area contributed by atoms with E-state index < -0.39 is 5.82 Å². The van der Waals surface area contributed by atoms with Gasteiger partial charge in [-0.3, -0.25) is 4.79 Å². The lowest BCUT2D eigenvalue weighted by Crippen LogP contribution is -2.40. The van der Waals surface area contributed by atoms with Gasteiger partial charge >= 0.3 is 5.97 Å². The largest absolute Gasteiger partial charge is 0.486 e. The van der Waals surface area contributed by atoms with Crippen LogP contribution in [0.3, 0.4) is 0 Å². The molecule has 3 aliphatic rings. The smallest absolute Gasteiger partial charge is 0.314 e. The van der Waals surface area contributed by atoms with E-state index in [2.05, 4.69) is 12.7 Å². The van der Waals surface area contributed by atoms with Crippen LogP contribution >= 0.6 is 0 Å². The first-order valence-electron chi connectivity index (χ1n) is 13.9. The minimum absolute atomic E-state index is 0.0574. The minimum Gasteiger partial charge on any atom is -0.486 e. The molecule has 4 heteroatoms. The zero-order valence-electron chi connectivity index (χ0n) is 21.4. The maximum atomic E-state index is 14.4. The predicted molar refractivity (Wildman–Crippen MR) is 139 cm³/mol. The Hall–Kier alpha value is -2.10. The highest BCUT2D eigenvalue weighted by Crippen LogP contribution is 2.50. The maximum Gasteiger partial charge on any atom is 0.314 e. The van der Waals surface area contributed by atoms with Gasteiger partial charge in [0.15, 0.2) is 11.6 Å². The van der Waals surface area contributed by atoms with Crippen LogP contribution < -0.4 is 9.47 Å². The fourth-order valence-corrected chi connectivity index (χ4v) is 7.11. The van der Waals surface area contributed by atoms with E-state index in [1.54, 1.807) is 12.1 Å². The van der Waals surface area contributed by atoms with Crippen molar-refractivity contribution in [3.8, 4) is 11.5 Å². The van der Waals surface area contributed by atoms with Crippen LogP contribution in [0.1, 0.15) is 84.0 Å². The van der Waals surface area contributed by atoms with E-state index in [4.69, 9.17) is 9.47 Å². The van der Waals surface area contributed by atoms with Crippen molar-refractivity contribution in [1.29, 1.82) is 0 Å². The molecule has 4 unspecified atom stereocenters. The van der Waals surface area contributed by atoms with Gasteiger partial charge < -0.3 is 9.47 Å². The van der Waals surface area contributed by atoms with Crippen molar-refractivity contribution in [2.75, 3.05) is 6.61 Å². The quantitative estimate of drug-likeness (QED) is 0.202. The van der Waals surface area contributed by atoms with E-state index in [0.717, 1.165) is 43.4 Å². The highest BCUT2D eigenvalue weighted by Gasteiger charge is 2.43. The summed E-state index contributed by atoms with van der Waals surface area (Å²) < 4.78 is 25.5. The van der Waals surface area contributed by atoms with Crippen molar-refractivity contribution in [1.82, 2.24) is 0 Å². The normalized spacial score (nSPS) is 31.0. The summed E-state index contributed by atoms with van der Waals surface area (Å²) in [7, 11) is 0. The average Bonchev–Trinajstić information content (AvgIpc) is 2.88. The van der Waals surface area contributed by atoms with E-state index in [1.807, 2.05) is 19.1 Å². The topological polar surface area (TPSA) is 35.5 Å². The molecule has 0 heterocycles. The number of rotatable bonds is 9. The average molecular weight is 483 g/mol. The number of fused-ring (bicyclic) bond motifs is 1. The molecule has 0 amide bonds. The molecule has 4 rings (SSSR count). The highest BCUT2D eigenvalue weighted by atomic mass is 19.1. The maximum absolute atomic E-state index is 14.4. The Kier molecular flexibility index (Phi) is 9.45. The van der Waals surface area contributed by atoms with Gasteiger partial charge in [-0.05, 0) is 100 Å². The minimum atomic E-state index is -0.499. The number of benzene rings is 1. The van der Waals surface area contributed by atoms with Crippen LogP contribution in [0.5, 0.6) is 11.5 Å². The number of hydrogen-bond acceptors (Lipinski definition) is 3. The van der Waals surface area contributed by atoms with Crippen molar-refractivity contribution >= 4 is 5.97 Å². The number of carbonyl (C=O) groups excluding carboxylic acids is 1. The lowest BCUT2D eigenvalue weighted by molar-refractivity contribution is -0.144. The molecule has 35 heavy (non-hydrogen) atoms. The number of esters is 1. The zero-order valence-corrected chi connectivity index (χ0v) is 21.4. The molecule has 1 aromatic rings. The summed E-state index contributed by atoms with van der Waals surface area (Å²) in [4.78, 5) is 13.1. The van der Waals surface area contributed by atoms with Crippen molar-refractivity contribution in [2.24, 2.45) is 35.5 Å².